The van der Waals surface area contributed by atoms with Crippen LogP contribution in [0.5, 0.6) is 5.75 Å². The van der Waals surface area contributed by atoms with Crippen molar-refractivity contribution in [3.8, 4) is 5.75 Å². The summed E-state index contributed by atoms with van der Waals surface area (Å²) in [5.74, 6) is 0.259. The van der Waals surface area contributed by atoms with Crippen molar-refractivity contribution in [1.29, 1.82) is 0 Å². The zero-order chi connectivity index (χ0) is 17.9. The van der Waals surface area contributed by atoms with Crippen molar-refractivity contribution in [1.82, 2.24) is 14.5 Å². The summed E-state index contributed by atoms with van der Waals surface area (Å²) in [6.07, 6.45) is 5.20. The molecule has 4 aromatic rings. The van der Waals surface area contributed by atoms with E-state index >= 15 is 0 Å². The first-order valence-electron chi connectivity index (χ1n) is 8.28. The second-order valence-electron chi connectivity index (χ2n) is 5.83. The number of carbonyl (C=O) groups is 1. The normalized spacial score (nSPS) is 11.0. The fourth-order valence-corrected chi connectivity index (χ4v) is 2.94. The first-order chi connectivity index (χ1) is 12.7. The number of rotatable bonds is 5. The molecular weight excluding hydrogens is 330 g/mol. The zero-order valence-electron chi connectivity index (χ0n) is 14.3. The molecule has 4 rings (SSSR count). The van der Waals surface area contributed by atoms with Crippen molar-refractivity contribution in [2.75, 3.05) is 13.2 Å². The number of aromatic nitrogens is 3. The molecule has 6 nitrogen and oxygen atoms in total. The van der Waals surface area contributed by atoms with Crippen molar-refractivity contribution in [2.24, 2.45) is 7.05 Å². The predicted octanol–water partition coefficient (Wildman–Crippen LogP) is 3.36. The minimum atomic E-state index is -0.458. The standard InChI is InChI=1S/C20H17N3O3/c1-23-11-8-14-6-9-22-18(19(14)23)20(24)26-13-12-25-17-7-10-21-16-5-3-2-4-15(16)17/h2-11H,12-13H2,1H3. The van der Waals surface area contributed by atoms with E-state index in [4.69, 9.17) is 9.47 Å². The molecule has 0 spiro atoms. The van der Waals surface area contributed by atoms with Crippen LogP contribution >= 0.6 is 0 Å². The van der Waals surface area contributed by atoms with Gasteiger partial charge in [0, 0.05) is 36.4 Å². The predicted molar refractivity (Wildman–Crippen MR) is 98.2 cm³/mol. The third kappa shape index (κ3) is 2.97. The molecule has 0 radical (unpaired) electrons. The van der Waals surface area contributed by atoms with Gasteiger partial charge in [0.1, 0.15) is 19.0 Å². The van der Waals surface area contributed by atoms with Crippen LogP contribution in [0.3, 0.4) is 0 Å². The number of benzene rings is 1. The Morgan fingerprint density at radius 3 is 2.81 bits per heavy atom. The molecule has 26 heavy (non-hydrogen) atoms. The number of ether oxygens (including phenoxy) is 2. The van der Waals surface area contributed by atoms with Crippen molar-refractivity contribution >= 4 is 27.8 Å². The van der Waals surface area contributed by atoms with Crippen molar-refractivity contribution in [3.63, 3.8) is 0 Å². The summed E-state index contributed by atoms with van der Waals surface area (Å²) in [6, 6.07) is 13.3. The Labute approximate surface area is 150 Å². The maximum absolute atomic E-state index is 12.4. The molecule has 0 amide bonds. The summed E-state index contributed by atoms with van der Waals surface area (Å²) in [4.78, 5) is 20.8. The van der Waals surface area contributed by atoms with Gasteiger partial charge in [-0.05, 0) is 30.3 Å². The lowest BCUT2D eigenvalue weighted by atomic mass is 10.2. The SMILES string of the molecule is Cn1ccc2ccnc(C(=O)OCCOc3ccnc4ccccc34)c21. The van der Waals surface area contributed by atoms with Gasteiger partial charge in [-0.3, -0.25) is 4.98 Å². The fourth-order valence-electron chi connectivity index (χ4n) is 2.94. The van der Waals surface area contributed by atoms with E-state index in [1.165, 1.54) is 0 Å². The van der Waals surface area contributed by atoms with E-state index < -0.39 is 5.97 Å². The fraction of sp³-hybridized carbons (Fsp3) is 0.150. The first-order valence-corrected chi connectivity index (χ1v) is 8.28. The number of hydrogen-bond donors (Lipinski definition) is 0. The highest BCUT2D eigenvalue weighted by molar-refractivity contribution is 6.01. The van der Waals surface area contributed by atoms with E-state index in [1.54, 1.807) is 18.5 Å². The number of aryl methyl sites for hydroxylation is 1. The Bertz CT molecular complexity index is 1080. The molecule has 0 unspecified atom stereocenters. The van der Waals surface area contributed by atoms with Gasteiger partial charge in [0.25, 0.3) is 0 Å². The largest absolute Gasteiger partial charge is 0.489 e. The van der Waals surface area contributed by atoms with Crippen LogP contribution in [-0.2, 0) is 11.8 Å². The number of hydrogen-bond acceptors (Lipinski definition) is 5. The summed E-state index contributed by atoms with van der Waals surface area (Å²) < 4.78 is 13.0. The minimum absolute atomic E-state index is 0.137. The quantitative estimate of drug-likeness (QED) is 0.409. The third-order valence-electron chi connectivity index (χ3n) is 4.16. The molecule has 1 aromatic carbocycles. The van der Waals surface area contributed by atoms with Crippen LogP contribution in [-0.4, -0.2) is 33.7 Å². The van der Waals surface area contributed by atoms with Gasteiger partial charge in [0.05, 0.1) is 11.0 Å². The average Bonchev–Trinajstić information content (AvgIpc) is 3.06. The van der Waals surface area contributed by atoms with Crippen LogP contribution in [0.25, 0.3) is 21.8 Å². The number of para-hydroxylation sites is 1. The molecule has 6 heteroatoms. The van der Waals surface area contributed by atoms with E-state index in [1.807, 2.05) is 54.2 Å². The number of fused-ring (bicyclic) bond motifs is 2. The molecule has 0 aliphatic carbocycles. The number of pyridine rings is 2. The summed E-state index contributed by atoms with van der Waals surface area (Å²) in [5, 5.41) is 1.88. The molecule has 0 fully saturated rings. The average molecular weight is 347 g/mol. The van der Waals surface area contributed by atoms with E-state index in [9.17, 15) is 4.79 Å². The second kappa shape index (κ2) is 6.84. The van der Waals surface area contributed by atoms with Gasteiger partial charge in [-0.15, -0.1) is 0 Å². The maximum Gasteiger partial charge on any atom is 0.359 e. The van der Waals surface area contributed by atoms with E-state index in [0.717, 1.165) is 21.8 Å². The van der Waals surface area contributed by atoms with Crippen molar-refractivity contribution < 1.29 is 14.3 Å². The van der Waals surface area contributed by atoms with Gasteiger partial charge >= 0.3 is 5.97 Å². The monoisotopic (exact) mass is 347 g/mol. The Kier molecular flexibility index (Phi) is 4.23. The lowest BCUT2D eigenvalue weighted by molar-refractivity contribution is 0.0446. The zero-order valence-corrected chi connectivity index (χ0v) is 14.3. The number of carbonyl (C=O) groups excluding carboxylic acids is 1. The van der Waals surface area contributed by atoms with Gasteiger partial charge in [-0.1, -0.05) is 12.1 Å². The molecule has 0 aliphatic rings. The Hall–Kier alpha value is -3.41. The maximum atomic E-state index is 12.4. The van der Waals surface area contributed by atoms with Crippen LogP contribution in [0, 0.1) is 0 Å². The molecule has 3 aromatic heterocycles. The van der Waals surface area contributed by atoms with Crippen LogP contribution in [0.2, 0.25) is 0 Å². The number of esters is 1. The van der Waals surface area contributed by atoms with Gasteiger partial charge in [0.2, 0.25) is 0 Å². The molecule has 3 heterocycles. The molecule has 0 atom stereocenters. The molecule has 0 N–H and O–H groups in total. The molecule has 0 bridgehead atoms. The van der Waals surface area contributed by atoms with Crippen LogP contribution in [0.15, 0.2) is 61.1 Å². The summed E-state index contributed by atoms with van der Waals surface area (Å²) >= 11 is 0. The lowest BCUT2D eigenvalue weighted by Gasteiger charge is -2.10. The van der Waals surface area contributed by atoms with Crippen LogP contribution in [0.1, 0.15) is 10.5 Å². The molecule has 130 valence electrons. The van der Waals surface area contributed by atoms with Gasteiger partial charge in [-0.2, -0.15) is 0 Å². The molecule has 0 saturated heterocycles. The van der Waals surface area contributed by atoms with Crippen LogP contribution in [0.4, 0.5) is 0 Å². The summed E-state index contributed by atoms with van der Waals surface area (Å²) in [5.41, 5.74) is 1.93. The number of nitrogens with zero attached hydrogens (tertiary/aromatic N) is 3. The van der Waals surface area contributed by atoms with Crippen molar-refractivity contribution in [2.45, 2.75) is 0 Å². The first kappa shape index (κ1) is 16.1. The Morgan fingerprint density at radius 1 is 1.04 bits per heavy atom. The lowest BCUT2D eigenvalue weighted by Crippen LogP contribution is -2.14. The highest BCUT2D eigenvalue weighted by atomic mass is 16.6. The van der Waals surface area contributed by atoms with Gasteiger partial charge in [-0.25, -0.2) is 9.78 Å². The Balaban J connectivity index is 1.41. The molecule has 0 aliphatic heterocycles. The molecular formula is C20H17N3O3. The minimum Gasteiger partial charge on any atom is -0.489 e. The highest BCUT2D eigenvalue weighted by Gasteiger charge is 2.15. The second-order valence-corrected chi connectivity index (χ2v) is 5.83. The third-order valence-corrected chi connectivity index (χ3v) is 4.16. The van der Waals surface area contributed by atoms with Gasteiger partial charge < -0.3 is 14.0 Å². The molecule has 0 saturated carbocycles. The Morgan fingerprint density at radius 2 is 1.88 bits per heavy atom. The summed E-state index contributed by atoms with van der Waals surface area (Å²) in [7, 11) is 1.87. The van der Waals surface area contributed by atoms with Crippen LogP contribution < -0.4 is 4.74 Å². The smallest absolute Gasteiger partial charge is 0.359 e. The van der Waals surface area contributed by atoms with E-state index in [-0.39, 0.29) is 13.2 Å². The summed E-state index contributed by atoms with van der Waals surface area (Å²) in [6.45, 7) is 0.390. The highest BCUT2D eigenvalue weighted by Crippen LogP contribution is 2.23. The van der Waals surface area contributed by atoms with Crippen molar-refractivity contribution in [3.05, 3.63) is 66.7 Å². The van der Waals surface area contributed by atoms with E-state index in [0.29, 0.717) is 11.4 Å². The topological polar surface area (TPSA) is 66.2 Å². The van der Waals surface area contributed by atoms with Gasteiger partial charge in [0.15, 0.2) is 5.69 Å². The van der Waals surface area contributed by atoms with E-state index in [2.05, 4.69) is 9.97 Å².